The molecule has 6 aliphatic rings. The van der Waals surface area contributed by atoms with Crippen LogP contribution in [0.2, 0.25) is 0 Å². The summed E-state index contributed by atoms with van der Waals surface area (Å²) in [5.74, 6) is -1.15. The molecule has 2 aliphatic heterocycles. The van der Waals surface area contributed by atoms with Crippen LogP contribution in [-0.2, 0) is 28.5 Å². The molecule has 16 nitrogen and oxygen atoms in total. The van der Waals surface area contributed by atoms with Crippen LogP contribution in [-0.4, -0.2) is 138 Å². The predicted octanol–water partition coefficient (Wildman–Crippen LogP) is -0.505. The summed E-state index contributed by atoms with van der Waals surface area (Å²) >= 11 is 0. The van der Waals surface area contributed by atoms with Gasteiger partial charge < -0.3 is 69.0 Å². The Labute approximate surface area is 312 Å². The van der Waals surface area contributed by atoms with Crippen LogP contribution in [0.1, 0.15) is 84.1 Å². The fraction of sp³-hybridized carbons (Fsp3) is 0.789. The first-order chi connectivity index (χ1) is 25.4. The Morgan fingerprint density at radius 1 is 0.889 bits per heavy atom. The van der Waals surface area contributed by atoms with Crippen LogP contribution >= 0.6 is 0 Å². The highest BCUT2D eigenvalue weighted by atomic mass is 16.7. The minimum atomic E-state index is -1.73. The molecule has 16 heteroatoms. The van der Waals surface area contributed by atoms with Crippen molar-refractivity contribution >= 4 is 5.97 Å². The number of hydrogen-bond donors (Lipinski definition) is 8. The van der Waals surface area contributed by atoms with Gasteiger partial charge in [-0.15, -0.1) is 0 Å². The van der Waals surface area contributed by atoms with E-state index in [-0.39, 0.29) is 12.3 Å². The molecule has 5 fully saturated rings. The zero-order chi connectivity index (χ0) is 39.1. The van der Waals surface area contributed by atoms with Gasteiger partial charge in [0.2, 0.25) is 0 Å². The summed E-state index contributed by atoms with van der Waals surface area (Å²) < 4.78 is 34.5. The topological polar surface area (TPSA) is 255 Å². The van der Waals surface area contributed by atoms with Crippen molar-refractivity contribution in [1.82, 2.24) is 0 Å². The van der Waals surface area contributed by atoms with E-state index in [4.69, 9.17) is 28.1 Å². The molecular weight excluding hydrogens is 712 g/mol. The van der Waals surface area contributed by atoms with Crippen LogP contribution < -0.4 is 5.63 Å². The predicted molar refractivity (Wildman–Crippen MR) is 183 cm³/mol. The van der Waals surface area contributed by atoms with E-state index in [0.717, 1.165) is 11.1 Å². The third-order valence-corrected chi connectivity index (χ3v) is 14.0. The van der Waals surface area contributed by atoms with Gasteiger partial charge in [0, 0.05) is 24.8 Å². The highest BCUT2D eigenvalue weighted by molar-refractivity contribution is 5.66. The number of carbonyl (C=O) groups is 1. The molecule has 2 saturated heterocycles. The number of aliphatic hydroxyl groups is 8. The van der Waals surface area contributed by atoms with Crippen LogP contribution in [0.15, 0.2) is 39.3 Å². The first-order valence-electron chi connectivity index (χ1n) is 18.9. The van der Waals surface area contributed by atoms with Gasteiger partial charge in [0.25, 0.3) is 0 Å². The standard InChI is InChI=1S/C38H54O16/c1-17-32(54-34-30(45)28(43)27(42)24(15-39)53-34)29(44)31(46)33(50-17)52-20-7-10-35(3)22(13-20)23(51-18(2)40)14-37(47)25(35)9-11-36(4)21(8-12-38(36,37)48)19-5-6-26(41)49-16-19/h5-6,13,16-17,20-21,23-25,27-34,39,42-48H,7-12,14-15H2,1-4H3/t17-,20-,21+,23+,24-,25-,27-,28+,29-,30-,31-,32-,33+,34+,35+,36-,37+,38-/m0/s1. The summed E-state index contributed by atoms with van der Waals surface area (Å²) in [5.41, 5.74) is -3.63. The van der Waals surface area contributed by atoms with Gasteiger partial charge in [-0.25, -0.2) is 4.79 Å². The van der Waals surface area contributed by atoms with Crippen LogP contribution in [0, 0.1) is 16.7 Å². The van der Waals surface area contributed by atoms with Crippen molar-refractivity contribution in [3.63, 3.8) is 0 Å². The highest BCUT2D eigenvalue weighted by Gasteiger charge is 2.75. The van der Waals surface area contributed by atoms with Gasteiger partial charge in [0.15, 0.2) is 12.6 Å². The maximum Gasteiger partial charge on any atom is 0.335 e. The lowest BCUT2D eigenvalue weighted by atomic mass is 9.42. The smallest absolute Gasteiger partial charge is 0.335 e. The molecule has 4 aliphatic carbocycles. The zero-order valence-electron chi connectivity index (χ0n) is 30.9. The second-order valence-electron chi connectivity index (χ2n) is 16.8. The number of carbonyl (C=O) groups excluding carboxylic acids is 1. The van der Waals surface area contributed by atoms with Crippen LogP contribution in [0.4, 0.5) is 0 Å². The maximum atomic E-state index is 12.9. The Morgan fingerprint density at radius 2 is 1.59 bits per heavy atom. The molecule has 0 spiro atoms. The molecule has 0 bridgehead atoms. The van der Waals surface area contributed by atoms with Gasteiger partial charge >= 0.3 is 11.6 Å². The lowest BCUT2D eigenvalue weighted by Gasteiger charge is -2.66. The number of aliphatic hydroxyl groups excluding tert-OH is 6. The van der Waals surface area contributed by atoms with Gasteiger partial charge in [0.05, 0.1) is 30.7 Å². The summed E-state index contributed by atoms with van der Waals surface area (Å²) in [5, 5.41) is 88.2. The largest absolute Gasteiger partial charge is 0.458 e. The van der Waals surface area contributed by atoms with Crippen LogP contribution in [0.3, 0.4) is 0 Å². The molecule has 302 valence electrons. The molecule has 3 heterocycles. The van der Waals surface area contributed by atoms with Gasteiger partial charge in [-0.1, -0.05) is 19.9 Å². The van der Waals surface area contributed by atoms with Crippen molar-refractivity contribution in [3.8, 4) is 0 Å². The molecule has 0 amide bonds. The summed E-state index contributed by atoms with van der Waals surface area (Å²) in [7, 11) is 0. The fourth-order valence-corrected chi connectivity index (χ4v) is 11.1. The Morgan fingerprint density at radius 3 is 2.26 bits per heavy atom. The summed E-state index contributed by atoms with van der Waals surface area (Å²) in [6.45, 7) is 6.17. The SMILES string of the molecule is CC(=O)O[C@@H]1C[C@@]2(O)[C@@H](CC[C@@]3(C)[C@@H](c4ccc(=O)oc4)CC[C@]32O)[C@]2(C)CC[C@H](O[C@H]3O[C@@H](C)[C@H](O[C@H]4O[C@@H](CO)[C@H](O)[C@@H](O)[C@@H]4O)[C@@H](O)[C@@H]3O)C=C12. The van der Waals surface area contributed by atoms with E-state index < -0.39 is 120 Å². The third-order valence-electron chi connectivity index (χ3n) is 14.0. The van der Waals surface area contributed by atoms with Crippen molar-refractivity contribution in [2.24, 2.45) is 16.7 Å². The molecule has 0 unspecified atom stereocenters. The highest BCUT2D eigenvalue weighted by Crippen LogP contribution is 2.71. The minimum Gasteiger partial charge on any atom is -0.458 e. The van der Waals surface area contributed by atoms with E-state index in [0.29, 0.717) is 38.5 Å². The Bertz CT molecular complexity index is 1630. The van der Waals surface area contributed by atoms with Crippen molar-refractivity contribution in [2.45, 2.75) is 163 Å². The summed E-state index contributed by atoms with van der Waals surface area (Å²) in [6, 6.07) is 3.08. The number of hydrogen-bond acceptors (Lipinski definition) is 16. The van der Waals surface area contributed by atoms with Crippen LogP contribution in [0.5, 0.6) is 0 Å². The quantitative estimate of drug-likeness (QED) is 0.129. The van der Waals surface area contributed by atoms with Crippen molar-refractivity contribution in [1.29, 1.82) is 0 Å². The van der Waals surface area contributed by atoms with E-state index in [9.17, 15) is 50.4 Å². The Balaban J connectivity index is 1.10. The average molecular weight is 767 g/mol. The fourth-order valence-electron chi connectivity index (χ4n) is 11.1. The second-order valence-corrected chi connectivity index (χ2v) is 16.8. The average Bonchev–Trinajstić information content (AvgIpc) is 3.40. The molecule has 54 heavy (non-hydrogen) atoms. The zero-order valence-corrected chi connectivity index (χ0v) is 30.9. The Kier molecular flexibility index (Phi) is 10.5. The normalized spacial score (nSPS) is 50.3. The number of esters is 1. The minimum absolute atomic E-state index is 0.0522. The molecular formula is C38H54O16. The van der Waals surface area contributed by atoms with Gasteiger partial charge in [0.1, 0.15) is 54.4 Å². The lowest BCUT2D eigenvalue weighted by Crippen LogP contribution is -2.73. The first kappa shape index (κ1) is 39.9. The summed E-state index contributed by atoms with van der Waals surface area (Å²) in [4.78, 5) is 24.3. The van der Waals surface area contributed by atoms with Crippen molar-refractivity contribution in [2.75, 3.05) is 6.61 Å². The molecule has 0 radical (unpaired) electrons. The van der Waals surface area contributed by atoms with E-state index in [1.54, 1.807) is 13.0 Å². The molecule has 1 aromatic heterocycles. The molecule has 0 aromatic carbocycles. The maximum absolute atomic E-state index is 12.9. The van der Waals surface area contributed by atoms with Gasteiger partial charge in [-0.3, -0.25) is 4.79 Å². The second kappa shape index (κ2) is 14.3. The van der Waals surface area contributed by atoms with Crippen LogP contribution in [0.25, 0.3) is 0 Å². The van der Waals surface area contributed by atoms with E-state index in [1.165, 1.54) is 19.3 Å². The molecule has 7 rings (SSSR count). The van der Waals surface area contributed by atoms with Gasteiger partial charge in [-0.05, 0) is 79.9 Å². The summed E-state index contributed by atoms with van der Waals surface area (Å²) in [6.07, 6.45) is -10.1. The molecule has 18 atom stereocenters. The molecule has 3 saturated carbocycles. The van der Waals surface area contributed by atoms with E-state index >= 15 is 0 Å². The Hall–Kier alpha value is -2.32. The number of fused-ring (bicyclic) bond motifs is 5. The van der Waals surface area contributed by atoms with Crippen molar-refractivity contribution in [3.05, 3.63) is 46.0 Å². The number of rotatable bonds is 7. The van der Waals surface area contributed by atoms with E-state index in [1.807, 2.05) is 19.9 Å². The van der Waals surface area contributed by atoms with Crippen molar-refractivity contribution < 1.29 is 73.7 Å². The van der Waals surface area contributed by atoms with Gasteiger partial charge in [-0.2, -0.15) is 0 Å². The monoisotopic (exact) mass is 766 g/mol. The lowest BCUT2D eigenvalue weighted by molar-refractivity contribution is -0.358. The van der Waals surface area contributed by atoms with E-state index in [2.05, 4.69) is 0 Å². The number of ether oxygens (including phenoxy) is 5. The molecule has 1 aromatic rings. The first-order valence-corrected chi connectivity index (χ1v) is 18.9. The molecule has 8 N–H and O–H groups in total. The third kappa shape index (κ3) is 6.12.